The van der Waals surface area contributed by atoms with E-state index in [0.717, 1.165) is 47.4 Å². The summed E-state index contributed by atoms with van der Waals surface area (Å²) in [5, 5.41) is 16.9. The SMILES string of the molecule is CCCNc1ncnc(Sc2nnnn2C2CC2)c1C. The molecule has 20 heavy (non-hydrogen) atoms. The monoisotopic (exact) mass is 291 g/mol. The van der Waals surface area contributed by atoms with Crippen molar-refractivity contribution in [3.05, 3.63) is 11.9 Å². The topological polar surface area (TPSA) is 81.4 Å². The van der Waals surface area contributed by atoms with Crippen LogP contribution in [0.4, 0.5) is 5.82 Å². The second kappa shape index (κ2) is 5.74. The van der Waals surface area contributed by atoms with Crippen LogP contribution in [-0.4, -0.2) is 36.7 Å². The second-order valence-corrected chi connectivity index (χ2v) is 5.77. The van der Waals surface area contributed by atoms with Crippen molar-refractivity contribution in [2.45, 2.75) is 49.3 Å². The maximum absolute atomic E-state index is 4.35. The second-order valence-electron chi connectivity index (χ2n) is 4.82. The van der Waals surface area contributed by atoms with Gasteiger partial charge in [0.1, 0.15) is 17.2 Å². The quantitative estimate of drug-likeness (QED) is 0.816. The van der Waals surface area contributed by atoms with Crippen molar-refractivity contribution in [1.29, 1.82) is 0 Å². The van der Waals surface area contributed by atoms with Crippen molar-refractivity contribution in [1.82, 2.24) is 30.2 Å². The maximum Gasteiger partial charge on any atom is 0.215 e. The third-order valence-corrected chi connectivity index (χ3v) is 4.18. The van der Waals surface area contributed by atoms with Crippen molar-refractivity contribution in [3.8, 4) is 0 Å². The molecular formula is C12H17N7S. The van der Waals surface area contributed by atoms with Gasteiger partial charge in [0.25, 0.3) is 0 Å². The summed E-state index contributed by atoms with van der Waals surface area (Å²) in [6.45, 7) is 5.05. The average Bonchev–Trinajstić information content (AvgIpc) is 3.20. The fourth-order valence-corrected chi connectivity index (χ4v) is 2.72. The minimum Gasteiger partial charge on any atom is -0.370 e. The Morgan fingerprint density at radius 3 is 3.00 bits per heavy atom. The number of hydrogen-bond donors (Lipinski definition) is 1. The summed E-state index contributed by atoms with van der Waals surface area (Å²) in [5.74, 6) is 0.884. The fourth-order valence-electron chi connectivity index (χ4n) is 1.85. The molecule has 2 heterocycles. The molecule has 7 nitrogen and oxygen atoms in total. The maximum atomic E-state index is 4.35. The number of nitrogens with zero attached hydrogens (tertiary/aromatic N) is 6. The van der Waals surface area contributed by atoms with Crippen LogP contribution in [0.2, 0.25) is 0 Å². The molecule has 0 bridgehead atoms. The van der Waals surface area contributed by atoms with E-state index in [-0.39, 0.29) is 0 Å². The highest BCUT2D eigenvalue weighted by molar-refractivity contribution is 7.99. The molecule has 0 radical (unpaired) electrons. The van der Waals surface area contributed by atoms with Crippen molar-refractivity contribution < 1.29 is 0 Å². The summed E-state index contributed by atoms with van der Waals surface area (Å²) in [6.07, 6.45) is 4.96. The number of aromatic nitrogens is 6. The van der Waals surface area contributed by atoms with Crippen LogP contribution in [0, 0.1) is 6.92 Å². The Labute approximate surface area is 121 Å². The predicted molar refractivity (Wildman–Crippen MR) is 75.8 cm³/mol. The summed E-state index contributed by atoms with van der Waals surface area (Å²) >= 11 is 1.50. The highest BCUT2D eigenvalue weighted by Gasteiger charge is 2.28. The number of hydrogen-bond acceptors (Lipinski definition) is 7. The molecule has 0 aliphatic heterocycles. The van der Waals surface area contributed by atoms with Gasteiger partial charge < -0.3 is 5.32 Å². The molecule has 106 valence electrons. The molecule has 2 aromatic heterocycles. The van der Waals surface area contributed by atoms with Gasteiger partial charge in [-0.3, -0.25) is 0 Å². The van der Waals surface area contributed by atoms with Crippen LogP contribution in [0.3, 0.4) is 0 Å². The third kappa shape index (κ3) is 2.74. The summed E-state index contributed by atoms with van der Waals surface area (Å²) in [4.78, 5) is 8.63. The predicted octanol–water partition coefficient (Wildman–Crippen LogP) is 2.08. The molecule has 0 spiro atoms. The van der Waals surface area contributed by atoms with Crippen LogP contribution in [0.15, 0.2) is 16.5 Å². The first-order valence-electron chi connectivity index (χ1n) is 6.80. The van der Waals surface area contributed by atoms with Crippen LogP contribution in [0.5, 0.6) is 0 Å². The summed E-state index contributed by atoms with van der Waals surface area (Å²) in [6, 6.07) is 0.465. The minimum absolute atomic E-state index is 0.465. The Morgan fingerprint density at radius 1 is 1.40 bits per heavy atom. The van der Waals surface area contributed by atoms with E-state index in [4.69, 9.17) is 0 Å². The van der Waals surface area contributed by atoms with Crippen LogP contribution in [0.1, 0.15) is 37.8 Å². The number of anilines is 1. The fraction of sp³-hybridized carbons (Fsp3) is 0.583. The molecule has 3 rings (SSSR count). The van der Waals surface area contributed by atoms with Crippen LogP contribution < -0.4 is 5.32 Å². The van der Waals surface area contributed by atoms with Gasteiger partial charge in [-0.1, -0.05) is 6.92 Å². The molecule has 0 aromatic carbocycles. The summed E-state index contributed by atoms with van der Waals surface area (Å²) in [7, 11) is 0. The zero-order chi connectivity index (χ0) is 13.9. The van der Waals surface area contributed by atoms with Crippen LogP contribution in [0.25, 0.3) is 0 Å². The lowest BCUT2D eigenvalue weighted by Crippen LogP contribution is -2.05. The van der Waals surface area contributed by atoms with E-state index in [0.29, 0.717) is 6.04 Å². The van der Waals surface area contributed by atoms with Gasteiger partial charge in [0.15, 0.2) is 0 Å². The lowest BCUT2D eigenvalue weighted by molar-refractivity contribution is 0.565. The van der Waals surface area contributed by atoms with E-state index >= 15 is 0 Å². The minimum atomic E-state index is 0.465. The average molecular weight is 291 g/mol. The van der Waals surface area contributed by atoms with Crippen molar-refractivity contribution in [3.63, 3.8) is 0 Å². The van der Waals surface area contributed by atoms with E-state index in [2.05, 4.69) is 37.7 Å². The summed E-state index contributed by atoms with van der Waals surface area (Å²) < 4.78 is 1.89. The van der Waals surface area contributed by atoms with Gasteiger partial charge in [-0.2, -0.15) is 0 Å². The van der Waals surface area contributed by atoms with Crippen LogP contribution >= 0.6 is 11.8 Å². The first kappa shape index (κ1) is 13.3. The zero-order valence-electron chi connectivity index (χ0n) is 11.6. The summed E-state index contributed by atoms with van der Waals surface area (Å²) in [5.41, 5.74) is 1.04. The van der Waals surface area contributed by atoms with Gasteiger partial charge in [0, 0.05) is 12.1 Å². The molecule has 1 aliphatic carbocycles. The molecule has 2 aromatic rings. The van der Waals surface area contributed by atoms with E-state index in [1.165, 1.54) is 11.8 Å². The molecule has 0 atom stereocenters. The van der Waals surface area contributed by atoms with E-state index in [9.17, 15) is 0 Å². The molecule has 0 saturated heterocycles. The smallest absolute Gasteiger partial charge is 0.215 e. The number of nitrogens with one attached hydrogen (secondary N) is 1. The van der Waals surface area contributed by atoms with E-state index < -0.39 is 0 Å². The van der Waals surface area contributed by atoms with Crippen molar-refractivity contribution in [2.24, 2.45) is 0 Å². The first-order chi connectivity index (χ1) is 9.79. The molecular weight excluding hydrogens is 274 g/mol. The molecule has 1 N–H and O–H groups in total. The number of rotatable bonds is 6. The lowest BCUT2D eigenvalue weighted by Gasteiger charge is -2.10. The first-order valence-corrected chi connectivity index (χ1v) is 7.62. The molecule has 1 saturated carbocycles. The molecule has 0 amide bonds. The van der Waals surface area contributed by atoms with Crippen molar-refractivity contribution in [2.75, 3.05) is 11.9 Å². The van der Waals surface area contributed by atoms with Gasteiger partial charge in [-0.15, -0.1) is 5.10 Å². The van der Waals surface area contributed by atoms with Gasteiger partial charge in [0.05, 0.1) is 6.04 Å². The Bertz CT molecular complexity index is 593. The van der Waals surface area contributed by atoms with Crippen molar-refractivity contribution >= 4 is 17.6 Å². The third-order valence-electron chi connectivity index (χ3n) is 3.12. The number of tetrazole rings is 1. The molecule has 8 heteroatoms. The Kier molecular flexibility index (Phi) is 3.81. The normalized spacial score (nSPS) is 14.5. The van der Waals surface area contributed by atoms with E-state index in [1.54, 1.807) is 6.33 Å². The Morgan fingerprint density at radius 2 is 2.25 bits per heavy atom. The van der Waals surface area contributed by atoms with Gasteiger partial charge in [-0.25, -0.2) is 14.6 Å². The molecule has 1 fully saturated rings. The highest BCUT2D eigenvalue weighted by Crippen LogP contribution is 2.38. The van der Waals surface area contributed by atoms with Gasteiger partial charge >= 0.3 is 0 Å². The molecule has 1 aliphatic rings. The van der Waals surface area contributed by atoms with Crippen LogP contribution in [-0.2, 0) is 0 Å². The largest absolute Gasteiger partial charge is 0.370 e. The highest BCUT2D eigenvalue weighted by atomic mass is 32.2. The molecule has 0 unspecified atom stereocenters. The lowest BCUT2D eigenvalue weighted by atomic mass is 10.3. The van der Waals surface area contributed by atoms with E-state index in [1.807, 2.05) is 11.6 Å². The Hall–Kier alpha value is -1.70. The zero-order valence-corrected chi connectivity index (χ0v) is 12.4. The standard InChI is InChI=1S/C12H17N7S/c1-3-6-13-10-8(2)11(15-7-14-10)20-12-16-17-18-19(12)9-4-5-9/h7,9H,3-6H2,1-2H3,(H,13,14,15). The van der Waals surface area contributed by atoms with Gasteiger partial charge in [0.2, 0.25) is 5.16 Å². The Balaban J connectivity index is 1.81. The van der Waals surface area contributed by atoms with Gasteiger partial charge in [-0.05, 0) is 48.4 Å².